The van der Waals surface area contributed by atoms with Crippen LogP contribution in [-0.2, 0) is 9.47 Å². The minimum atomic E-state index is -0.731. The molecule has 1 unspecified atom stereocenters. The molecule has 0 radical (unpaired) electrons. The van der Waals surface area contributed by atoms with E-state index in [1.807, 2.05) is 14.2 Å². The molecule has 42 heavy (non-hydrogen) atoms. The van der Waals surface area contributed by atoms with Gasteiger partial charge in [-0.25, -0.2) is 0 Å². The molecule has 0 heterocycles. The molecular formula is C38H40O2P2. The smallest absolute Gasteiger partial charge is 0.0960 e. The van der Waals surface area contributed by atoms with Crippen LogP contribution < -0.4 is 21.2 Å². The number of hydrogen-bond donors (Lipinski definition) is 0. The lowest BCUT2D eigenvalue weighted by Gasteiger charge is -2.47. The van der Waals surface area contributed by atoms with Crippen molar-refractivity contribution in [3.05, 3.63) is 145 Å². The van der Waals surface area contributed by atoms with Gasteiger partial charge in [0, 0.05) is 18.9 Å². The molecule has 0 saturated heterocycles. The van der Waals surface area contributed by atoms with Gasteiger partial charge in [-0.3, -0.25) is 0 Å². The van der Waals surface area contributed by atoms with E-state index >= 15 is 0 Å². The fourth-order valence-corrected chi connectivity index (χ4v) is 12.8. The topological polar surface area (TPSA) is 18.5 Å². The molecule has 2 aliphatic rings. The van der Waals surface area contributed by atoms with Crippen LogP contribution in [0.1, 0.15) is 25.7 Å². The van der Waals surface area contributed by atoms with Crippen LogP contribution in [-0.4, -0.2) is 26.0 Å². The van der Waals surface area contributed by atoms with Crippen molar-refractivity contribution in [2.75, 3.05) is 14.2 Å². The highest BCUT2D eigenvalue weighted by molar-refractivity contribution is 7.76. The van der Waals surface area contributed by atoms with Crippen molar-refractivity contribution in [2.45, 2.75) is 37.4 Å². The fourth-order valence-electron chi connectivity index (χ4n) is 6.96. The predicted octanol–water partition coefficient (Wildman–Crippen LogP) is 7.87. The molecule has 4 heteroatoms. The van der Waals surface area contributed by atoms with E-state index in [1.54, 1.807) is 0 Å². The van der Waals surface area contributed by atoms with Gasteiger partial charge in [-0.15, -0.1) is 0 Å². The monoisotopic (exact) mass is 590 g/mol. The van der Waals surface area contributed by atoms with Gasteiger partial charge in [-0.2, -0.15) is 0 Å². The second kappa shape index (κ2) is 14.0. The summed E-state index contributed by atoms with van der Waals surface area (Å²) in [5, 5.41) is 7.21. The number of benzene rings is 4. The van der Waals surface area contributed by atoms with Gasteiger partial charge in [0.1, 0.15) is 0 Å². The molecule has 0 bridgehead atoms. The number of allylic oxidation sites excluding steroid dienone is 3. The van der Waals surface area contributed by atoms with Crippen LogP contribution in [0.25, 0.3) is 0 Å². The van der Waals surface area contributed by atoms with E-state index in [4.69, 9.17) is 9.47 Å². The highest BCUT2D eigenvalue weighted by atomic mass is 31.1. The van der Waals surface area contributed by atoms with Gasteiger partial charge in [0.2, 0.25) is 0 Å². The van der Waals surface area contributed by atoms with E-state index in [0.29, 0.717) is 5.66 Å². The molecule has 2 nitrogen and oxygen atoms in total. The van der Waals surface area contributed by atoms with Gasteiger partial charge in [0.15, 0.2) is 0 Å². The van der Waals surface area contributed by atoms with Crippen molar-refractivity contribution >= 4 is 37.1 Å². The Kier molecular flexibility index (Phi) is 9.67. The number of methoxy groups -OCH3 is 2. The first-order valence-corrected chi connectivity index (χ1v) is 17.8. The van der Waals surface area contributed by atoms with Gasteiger partial charge in [-0.1, -0.05) is 127 Å². The van der Waals surface area contributed by atoms with Crippen molar-refractivity contribution in [3.8, 4) is 0 Å². The van der Waals surface area contributed by atoms with Crippen LogP contribution in [0.15, 0.2) is 145 Å². The molecule has 4 aromatic rings. The average molecular weight is 591 g/mol. The molecule has 2 aliphatic carbocycles. The third-order valence-corrected chi connectivity index (χ3v) is 14.3. The predicted molar refractivity (Wildman–Crippen MR) is 181 cm³/mol. The fraction of sp³-hybridized carbons (Fsp3) is 0.263. The standard InChI is InChI=1S/C38H40O2P2/c1-39-33-25-15-27-35(41(29-17-7-3-8-18-29)30-19-9-4-10-20-30)37(33)38-34(40-2)26-16-28-36(38)42(31-21-11-5-12-22-31)32-23-13-6-14-24-32/h3-14,17-25,28,34-35,37-38H,15-16,26-27H2,1-2H3/t34-,35?,37+,38-/m1/s1. The Bertz CT molecular complexity index is 1390. The molecule has 0 N–H and O–H groups in total. The summed E-state index contributed by atoms with van der Waals surface area (Å²) in [4.78, 5) is 0. The van der Waals surface area contributed by atoms with Crippen molar-refractivity contribution in [3.63, 3.8) is 0 Å². The van der Waals surface area contributed by atoms with Gasteiger partial charge in [-0.05, 0) is 79.8 Å². The summed E-state index contributed by atoms with van der Waals surface area (Å²) in [7, 11) is 2.43. The number of hydrogen-bond acceptors (Lipinski definition) is 2. The summed E-state index contributed by atoms with van der Waals surface area (Å²) in [6.07, 6.45) is 9.33. The van der Waals surface area contributed by atoms with Crippen LogP contribution in [0, 0.1) is 11.8 Å². The molecular weight excluding hydrogens is 550 g/mol. The molecule has 0 spiro atoms. The van der Waals surface area contributed by atoms with Gasteiger partial charge < -0.3 is 9.47 Å². The Morgan fingerprint density at radius 2 is 1.02 bits per heavy atom. The van der Waals surface area contributed by atoms with Crippen LogP contribution in [0.3, 0.4) is 0 Å². The van der Waals surface area contributed by atoms with Crippen molar-refractivity contribution in [1.82, 2.24) is 0 Å². The lowest BCUT2D eigenvalue weighted by molar-refractivity contribution is 0.0282. The van der Waals surface area contributed by atoms with Crippen molar-refractivity contribution in [2.24, 2.45) is 11.8 Å². The summed E-state index contributed by atoms with van der Waals surface area (Å²) < 4.78 is 12.8. The lowest BCUT2D eigenvalue weighted by Crippen LogP contribution is -2.43. The van der Waals surface area contributed by atoms with Gasteiger partial charge in [0.05, 0.1) is 19.0 Å². The van der Waals surface area contributed by atoms with Crippen LogP contribution in [0.4, 0.5) is 0 Å². The van der Waals surface area contributed by atoms with Crippen LogP contribution in [0.5, 0.6) is 0 Å². The van der Waals surface area contributed by atoms with Crippen molar-refractivity contribution in [1.29, 1.82) is 0 Å². The Morgan fingerprint density at radius 1 is 0.548 bits per heavy atom. The third-order valence-electron chi connectivity index (χ3n) is 8.71. The zero-order chi connectivity index (χ0) is 28.7. The number of ether oxygens (including phenoxy) is 2. The molecule has 214 valence electrons. The summed E-state index contributed by atoms with van der Waals surface area (Å²) in [6.45, 7) is 0. The first-order chi connectivity index (χ1) is 20.8. The summed E-state index contributed by atoms with van der Waals surface area (Å²) >= 11 is 0. The summed E-state index contributed by atoms with van der Waals surface area (Å²) in [5.74, 6) is 1.59. The molecule has 6 rings (SSSR count). The van der Waals surface area contributed by atoms with Crippen LogP contribution >= 0.6 is 15.8 Å². The highest BCUT2D eigenvalue weighted by Crippen LogP contribution is 2.59. The first-order valence-electron chi connectivity index (χ1n) is 15.1. The molecule has 0 saturated carbocycles. The SMILES string of the molecule is COC1=CCCC(P(c2ccccc2)c2ccccc2)[C@H]1[C@H]1C(P(c2ccccc2)c2ccccc2)=CCC[C@H]1OC. The molecule has 0 aliphatic heterocycles. The second-order valence-electron chi connectivity index (χ2n) is 11.0. The highest BCUT2D eigenvalue weighted by Gasteiger charge is 2.47. The Balaban J connectivity index is 1.53. The zero-order valence-electron chi connectivity index (χ0n) is 24.6. The van der Waals surface area contributed by atoms with Crippen molar-refractivity contribution < 1.29 is 9.47 Å². The maximum atomic E-state index is 6.44. The molecule has 4 aromatic carbocycles. The Hall–Kier alpha value is -3.02. The van der Waals surface area contributed by atoms with E-state index in [2.05, 4.69) is 133 Å². The largest absolute Gasteiger partial charge is 0.501 e. The van der Waals surface area contributed by atoms with Gasteiger partial charge in [0.25, 0.3) is 0 Å². The molecule has 0 amide bonds. The lowest BCUT2D eigenvalue weighted by atomic mass is 9.76. The normalized spacial score (nSPS) is 22.5. The molecule has 0 fully saturated rings. The second-order valence-corrected chi connectivity index (χ2v) is 15.7. The zero-order valence-corrected chi connectivity index (χ0v) is 26.3. The Labute approximate surface area is 254 Å². The maximum Gasteiger partial charge on any atom is 0.0960 e. The average Bonchev–Trinajstić information content (AvgIpc) is 3.07. The minimum absolute atomic E-state index is 0.134. The van der Waals surface area contributed by atoms with E-state index in [1.165, 1.54) is 26.5 Å². The number of rotatable bonds is 9. The summed E-state index contributed by atoms with van der Waals surface area (Å²) in [6, 6.07) is 44.7. The maximum absolute atomic E-state index is 6.44. The van der Waals surface area contributed by atoms with Gasteiger partial charge >= 0.3 is 0 Å². The molecule has 0 aromatic heterocycles. The third kappa shape index (κ3) is 6.05. The van der Waals surface area contributed by atoms with Crippen LogP contribution in [0.2, 0.25) is 0 Å². The van der Waals surface area contributed by atoms with E-state index in [-0.39, 0.29) is 17.9 Å². The van der Waals surface area contributed by atoms with E-state index < -0.39 is 15.8 Å². The minimum Gasteiger partial charge on any atom is -0.501 e. The van der Waals surface area contributed by atoms with E-state index in [9.17, 15) is 0 Å². The first kappa shape index (κ1) is 29.1. The molecule has 4 atom stereocenters. The summed E-state index contributed by atoms with van der Waals surface area (Å²) in [5.41, 5.74) is 0.428. The van der Waals surface area contributed by atoms with E-state index in [0.717, 1.165) is 31.4 Å². The Morgan fingerprint density at radius 3 is 1.50 bits per heavy atom. The quantitative estimate of drug-likeness (QED) is 0.185.